The van der Waals surface area contributed by atoms with E-state index in [0.717, 1.165) is 25.4 Å². The van der Waals surface area contributed by atoms with E-state index in [-0.39, 0.29) is 5.60 Å². The molecule has 0 aromatic rings. The van der Waals surface area contributed by atoms with Crippen molar-refractivity contribution in [2.45, 2.75) is 96.4 Å². The summed E-state index contributed by atoms with van der Waals surface area (Å²) in [5, 5.41) is 0. The van der Waals surface area contributed by atoms with Gasteiger partial charge in [0.1, 0.15) is 0 Å². The third-order valence-corrected chi connectivity index (χ3v) is 4.91. The number of hydrogen-bond donors (Lipinski definition) is 0. The first-order valence-corrected chi connectivity index (χ1v) is 8.41. The van der Waals surface area contributed by atoms with E-state index in [1.165, 1.54) is 44.9 Å². The molecule has 2 nitrogen and oxygen atoms in total. The van der Waals surface area contributed by atoms with Gasteiger partial charge in [0.25, 0.3) is 0 Å². The fourth-order valence-corrected chi connectivity index (χ4v) is 3.81. The van der Waals surface area contributed by atoms with Crippen LogP contribution in [0.2, 0.25) is 0 Å². The Kier molecular flexibility index (Phi) is 5.70. The highest BCUT2D eigenvalue weighted by atomic mass is 16.6. The molecule has 112 valence electrons. The summed E-state index contributed by atoms with van der Waals surface area (Å²) in [5.74, 6) is 1.02. The van der Waals surface area contributed by atoms with E-state index in [2.05, 4.69) is 20.8 Å². The molecule has 0 N–H and O–H groups in total. The Balaban J connectivity index is 1.67. The van der Waals surface area contributed by atoms with Crippen molar-refractivity contribution in [1.82, 2.24) is 0 Å². The Morgan fingerprint density at radius 1 is 1.32 bits per heavy atom. The van der Waals surface area contributed by atoms with Gasteiger partial charge in [0.05, 0.1) is 24.4 Å². The highest BCUT2D eigenvalue weighted by Crippen LogP contribution is 2.32. The van der Waals surface area contributed by atoms with E-state index in [1.807, 2.05) is 0 Å². The Labute approximate surface area is 119 Å². The normalized spacial score (nSPS) is 33.9. The van der Waals surface area contributed by atoms with Crippen molar-refractivity contribution in [2.24, 2.45) is 5.92 Å². The maximum atomic E-state index is 6.36. The average Bonchev–Trinajstić information content (AvgIpc) is 2.99. The molecule has 0 spiro atoms. The standard InChI is InChI=1S/C17H32O2/c1-4-16(11-7-10-15-8-5-6-9-15)19-17(3)12-14(2)18-13-17/h14-16H,4-13H2,1-3H3. The molecule has 0 amide bonds. The third kappa shape index (κ3) is 4.75. The maximum Gasteiger partial charge on any atom is 0.0915 e. The van der Waals surface area contributed by atoms with Crippen molar-refractivity contribution >= 4 is 0 Å². The summed E-state index contributed by atoms with van der Waals surface area (Å²) in [4.78, 5) is 0. The van der Waals surface area contributed by atoms with Crippen molar-refractivity contribution in [3.63, 3.8) is 0 Å². The summed E-state index contributed by atoms with van der Waals surface area (Å²) >= 11 is 0. The molecule has 2 heteroatoms. The van der Waals surface area contributed by atoms with Gasteiger partial charge in [-0.25, -0.2) is 0 Å². The fourth-order valence-electron chi connectivity index (χ4n) is 3.81. The lowest BCUT2D eigenvalue weighted by Crippen LogP contribution is -2.34. The molecule has 0 bridgehead atoms. The first-order chi connectivity index (χ1) is 9.11. The minimum Gasteiger partial charge on any atom is -0.375 e. The van der Waals surface area contributed by atoms with Crippen LogP contribution >= 0.6 is 0 Å². The van der Waals surface area contributed by atoms with Gasteiger partial charge in [-0.15, -0.1) is 0 Å². The van der Waals surface area contributed by atoms with Gasteiger partial charge in [-0.05, 0) is 32.6 Å². The SMILES string of the molecule is CCC(CCCC1CCCC1)OC1(C)COC(C)C1. The molecule has 1 saturated carbocycles. The van der Waals surface area contributed by atoms with Crippen LogP contribution in [0.1, 0.15) is 78.6 Å². The highest BCUT2D eigenvalue weighted by Gasteiger charge is 2.36. The molecule has 19 heavy (non-hydrogen) atoms. The zero-order chi connectivity index (χ0) is 13.7. The molecular formula is C17H32O2. The minimum atomic E-state index is -0.0343. The maximum absolute atomic E-state index is 6.36. The smallest absolute Gasteiger partial charge is 0.0915 e. The molecule has 2 fully saturated rings. The van der Waals surface area contributed by atoms with Crippen LogP contribution in [0.15, 0.2) is 0 Å². The molecule has 0 aromatic heterocycles. The van der Waals surface area contributed by atoms with Gasteiger partial charge in [-0.1, -0.05) is 45.4 Å². The zero-order valence-electron chi connectivity index (χ0n) is 13.1. The second-order valence-electron chi connectivity index (χ2n) is 7.01. The summed E-state index contributed by atoms with van der Waals surface area (Å²) in [6, 6.07) is 0. The van der Waals surface area contributed by atoms with Crippen LogP contribution in [0, 0.1) is 5.92 Å². The van der Waals surface area contributed by atoms with Crippen molar-refractivity contribution in [3.8, 4) is 0 Å². The first-order valence-electron chi connectivity index (χ1n) is 8.41. The average molecular weight is 268 g/mol. The van der Waals surface area contributed by atoms with Gasteiger partial charge in [0, 0.05) is 6.42 Å². The lowest BCUT2D eigenvalue weighted by atomic mass is 9.97. The monoisotopic (exact) mass is 268 g/mol. The van der Waals surface area contributed by atoms with Gasteiger partial charge >= 0.3 is 0 Å². The van der Waals surface area contributed by atoms with Crippen molar-refractivity contribution < 1.29 is 9.47 Å². The van der Waals surface area contributed by atoms with Crippen LogP contribution in [0.4, 0.5) is 0 Å². The third-order valence-electron chi connectivity index (χ3n) is 4.91. The molecule has 1 aliphatic carbocycles. The van der Waals surface area contributed by atoms with Crippen LogP contribution in [0.3, 0.4) is 0 Å². The van der Waals surface area contributed by atoms with Crippen LogP contribution in [-0.4, -0.2) is 24.4 Å². The fraction of sp³-hybridized carbons (Fsp3) is 1.00. The Bertz CT molecular complexity index is 260. The molecule has 3 atom stereocenters. The van der Waals surface area contributed by atoms with Gasteiger partial charge in [-0.2, -0.15) is 0 Å². The van der Waals surface area contributed by atoms with E-state index >= 15 is 0 Å². The van der Waals surface area contributed by atoms with E-state index < -0.39 is 0 Å². The largest absolute Gasteiger partial charge is 0.375 e. The Hall–Kier alpha value is -0.0800. The van der Waals surface area contributed by atoms with Gasteiger partial charge in [0.15, 0.2) is 0 Å². The summed E-state index contributed by atoms with van der Waals surface area (Å²) in [6.07, 6.45) is 12.8. The first kappa shape index (κ1) is 15.3. The Morgan fingerprint density at radius 3 is 2.63 bits per heavy atom. The quantitative estimate of drug-likeness (QED) is 0.665. The minimum absolute atomic E-state index is 0.0343. The summed E-state index contributed by atoms with van der Waals surface area (Å²) in [5.41, 5.74) is -0.0343. The summed E-state index contributed by atoms with van der Waals surface area (Å²) < 4.78 is 12.0. The van der Waals surface area contributed by atoms with Crippen molar-refractivity contribution in [2.75, 3.05) is 6.61 Å². The lowest BCUT2D eigenvalue weighted by molar-refractivity contribution is -0.0887. The molecule has 2 rings (SSSR count). The van der Waals surface area contributed by atoms with E-state index in [4.69, 9.17) is 9.47 Å². The van der Waals surface area contributed by atoms with E-state index in [1.54, 1.807) is 0 Å². The molecule has 3 unspecified atom stereocenters. The Morgan fingerprint density at radius 2 is 2.05 bits per heavy atom. The number of rotatable bonds is 7. The zero-order valence-corrected chi connectivity index (χ0v) is 13.1. The molecule has 0 aromatic carbocycles. The number of ether oxygens (including phenoxy) is 2. The molecule has 1 heterocycles. The summed E-state index contributed by atoms with van der Waals surface area (Å²) in [7, 11) is 0. The van der Waals surface area contributed by atoms with Crippen LogP contribution in [-0.2, 0) is 9.47 Å². The molecule has 2 aliphatic rings. The van der Waals surface area contributed by atoms with Crippen molar-refractivity contribution in [1.29, 1.82) is 0 Å². The van der Waals surface area contributed by atoms with Gasteiger partial charge < -0.3 is 9.47 Å². The summed E-state index contributed by atoms with van der Waals surface area (Å²) in [6.45, 7) is 7.39. The predicted octanol–water partition coefficient (Wildman–Crippen LogP) is 4.71. The van der Waals surface area contributed by atoms with Crippen LogP contribution < -0.4 is 0 Å². The topological polar surface area (TPSA) is 18.5 Å². The highest BCUT2D eigenvalue weighted by molar-refractivity contribution is 4.85. The van der Waals surface area contributed by atoms with E-state index in [9.17, 15) is 0 Å². The van der Waals surface area contributed by atoms with Crippen LogP contribution in [0.5, 0.6) is 0 Å². The number of hydrogen-bond acceptors (Lipinski definition) is 2. The van der Waals surface area contributed by atoms with Gasteiger partial charge in [-0.3, -0.25) is 0 Å². The van der Waals surface area contributed by atoms with Crippen LogP contribution in [0.25, 0.3) is 0 Å². The molecule has 1 saturated heterocycles. The molecule has 0 radical (unpaired) electrons. The second-order valence-corrected chi connectivity index (χ2v) is 7.01. The molecular weight excluding hydrogens is 236 g/mol. The predicted molar refractivity (Wildman–Crippen MR) is 79.4 cm³/mol. The lowest BCUT2D eigenvalue weighted by Gasteiger charge is -2.29. The molecule has 1 aliphatic heterocycles. The van der Waals surface area contributed by atoms with Crippen molar-refractivity contribution in [3.05, 3.63) is 0 Å². The second kappa shape index (κ2) is 7.08. The van der Waals surface area contributed by atoms with E-state index in [0.29, 0.717) is 12.2 Å². The van der Waals surface area contributed by atoms with Gasteiger partial charge in [0.2, 0.25) is 0 Å².